The average molecular weight is 340 g/mol. The number of nitrogens with zero attached hydrogens (tertiary/aromatic N) is 3. The van der Waals surface area contributed by atoms with Gasteiger partial charge in [0, 0.05) is 30.7 Å². The summed E-state index contributed by atoms with van der Waals surface area (Å²) < 4.78 is 0. The van der Waals surface area contributed by atoms with Crippen molar-refractivity contribution in [2.75, 3.05) is 26.7 Å². The Balaban J connectivity index is 2.52. The van der Waals surface area contributed by atoms with Gasteiger partial charge >= 0.3 is 0 Å². The molecule has 1 aromatic heterocycles. The third-order valence-electron chi connectivity index (χ3n) is 3.88. The van der Waals surface area contributed by atoms with Crippen molar-refractivity contribution in [1.29, 1.82) is 0 Å². The minimum Gasteiger partial charge on any atom is -0.355 e. The molecule has 1 atom stereocenters. The lowest BCUT2D eigenvalue weighted by atomic mass is 10.0. The van der Waals surface area contributed by atoms with E-state index in [1.165, 1.54) is 11.3 Å². The van der Waals surface area contributed by atoms with Gasteiger partial charge in [0.25, 0.3) is 0 Å². The molecule has 0 aliphatic carbocycles. The van der Waals surface area contributed by atoms with Crippen LogP contribution in [0.5, 0.6) is 0 Å². The molecule has 5 nitrogen and oxygen atoms in total. The minimum atomic E-state index is 0.533. The number of rotatable bonds is 9. The first-order valence-electron chi connectivity index (χ1n) is 8.59. The van der Waals surface area contributed by atoms with E-state index in [0.29, 0.717) is 12.0 Å². The van der Waals surface area contributed by atoms with Gasteiger partial charge in [-0.05, 0) is 32.4 Å². The molecule has 2 N–H and O–H groups in total. The molecule has 0 amide bonds. The Hall–Kier alpha value is -1.14. The zero-order chi connectivity index (χ0) is 17.2. The molecule has 0 aliphatic heterocycles. The molecule has 6 heteroatoms. The molecule has 0 aromatic carbocycles. The molecule has 0 spiro atoms. The number of aromatic nitrogens is 1. The SMILES string of the molecule is CCN(CC)C(CNC(=NC)NCc1ncc(C)s1)CC(C)C. The van der Waals surface area contributed by atoms with Crippen LogP contribution in [-0.4, -0.2) is 48.6 Å². The van der Waals surface area contributed by atoms with Crippen molar-refractivity contribution in [3.63, 3.8) is 0 Å². The van der Waals surface area contributed by atoms with Crippen LogP contribution in [0.3, 0.4) is 0 Å². The zero-order valence-corrected chi connectivity index (χ0v) is 16.3. The van der Waals surface area contributed by atoms with E-state index in [9.17, 15) is 0 Å². The summed E-state index contributed by atoms with van der Waals surface area (Å²) >= 11 is 1.72. The minimum absolute atomic E-state index is 0.533. The second-order valence-electron chi connectivity index (χ2n) is 6.18. The van der Waals surface area contributed by atoms with E-state index >= 15 is 0 Å². The van der Waals surface area contributed by atoms with Crippen LogP contribution in [0.15, 0.2) is 11.2 Å². The number of likely N-dealkylation sites (N-methyl/N-ethyl adjacent to an activating group) is 1. The molecular formula is C17H33N5S. The molecule has 0 bridgehead atoms. The van der Waals surface area contributed by atoms with Crippen LogP contribution in [0.2, 0.25) is 0 Å². The van der Waals surface area contributed by atoms with Crippen LogP contribution >= 0.6 is 11.3 Å². The highest BCUT2D eigenvalue weighted by Crippen LogP contribution is 2.11. The Morgan fingerprint density at radius 3 is 2.48 bits per heavy atom. The average Bonchev–Trinajstić information content (AvgIpc) is 2.93. The lowest BCUT2D eigenvalue weighted by Crippen LogP contribution is -2.47. The monoisotopic (exact) mass is 339 g/mol. The summed E-state index contributed by atoms with van der Waals surface area (Å²) in [4.78, 5) is 12.5. The topological polar surface area (TPSA) is 52.5 Å². The fourth-order valence-corrected chi connectivity index (χ4v) is 3.45. The molecule has 23 heavy (non-hydrogen) atoms. The lowest BCUT2D eigenvalue weighted by Gasteiger charge is -2.31. The zero-order valence-electron chi connectivity index (χ0n) is 15.5. The van der Waals surface area contributed by atoms with Gasteiger partial charge in [-0.2, -0.15) is 0 Å². The van der Waals surface area contributed by atoms with E-state index in [1.807, 2.05) is 13.2 Å². The van der Waals surface area contributed by atoms with Crippen molar-refractivity contribution < 1.29 is 0 Å². The molecule has 132 valence electrons. The third-order valence-corrected chi connectivity index (χ3v) is 4.79. The largest absolute Gasteiger partial charge is 0.355 e. The van der Waals surface area contributed by atoms with Crippen LogP contribution < -0.4 is 10.6 Å². The van der Waals surface area contributed by atoms with Crippen LogP contribution in [-0.2, 0) is 6.54 Å². The Labute approximate surface area is 145 Å². The highest BCUT2D eigenvalue weighted by atomic mass is 32.1. The van der Waals surface area contributed by atoms with Crippen molar-refractivity contribution in [3.05, 3.63) is 16.1 Å². The normalized spacial score (nSPS) is 13.7. The van der Waals surface area contributed by atoms with E-state index < -0.39 is 0 Å². The number of aliphatic imine (C=N–C) groups is 1. The van der Waals surface area contributed by atoms with E-state index in [2.05, 4.69) is 60.1 Å². The van der Waals surface area contributed by atoms with Crippen LogP contribution in [0, 0.1) is 12.8 Å². The van der Waals surface area contributed by atoms with E-state index in [-0.39, 0.29) is 0 Å². The van der Waals surface area contributed by atoms with Gasteiger partial charge in [-0.3, -0.25) is 9.89 Å². The summed E-state index contributed by atoms with van der Waals surface area (Å²) in [5.41, 5.74) is 0. The summed E-state index contributed by atoms with van der Waals surface area (Å²) in [6, 6.07) is 0.533. The third kappa shape index (κ3) is 7.31. The van der Waals surface area contributed by atoms with Gasteiger partial charge in [0.1, 0.15) is 5.01 Å². The van der Waals surface area contributed by atoms with E-state index in [4.69, 9.17) is 0 Å². The molecule has 1 rings (SSSR count). The first kappa shape index (κ1) is 19.9. The van der Waals surface area contributed by atoms with Gasteiger partial charge in [-0.15, -0.1) is 11.3 Å². The first-order valence-corrected chi connectivity index (χ1v) is 9.41. The van der Waals surface area contributed by atoms with E-state index in [0.717, 1.165) is 37.1 Å². The highest BCUT2D eigenvalue weighted by molar-refractivity contribution is 7.11. The Morgan fingerprint density at radius 1 is 1.30 bits per heavy atom. The number of thiazole rings is 1. The van der Waals surface area contributed by atoms with E-state index in [1.54, 1.807) is 11.3 Å². The highest BCUT2D eigenvalue weighted by Gasteiger charge is 2.17. The molecule has 0 radical (unpaired) electrons. The quantitative estimate of drug-likeness (QED) is 0.536. The summed E-state index contributed by atoms with van der Waals surface area (Å²) in [5, 5.41) is 7.92. The standard InChI is InChI=1S/C17H33N5S/c1-7-22(8-2)15(9-13(3)4)11-20-17(18-6)21-12-16-19-10-14(5)23-16/h10,13,15H,7-9,11-12H2,1-6H3,(H2,18,20,21). The number of hydrogen-bond acceptors (Lipinski definition) is 4. The van der Waals surface area contributed by atoms with Gasteiger partial charge in [0.15, 0.2) is 5.96 Å². The fourth-order valence-electron chi connectivity index (χ4n) is 2.72. The van der Waals surface area contributed by atoms with Crippen LogP contribution in [0.25, 0.3) is 0 Å². The number of nitrogens with one attached hydrogen (secondary N) is 2. The predicted octanol–water partition coefficient (Wildman–Crippen LogP) is 2.87. The molecule has 1 aromatic rings. The van der Waals surface area contributed by atoms with Gasteiger partial charge in [0.2, 0.25) is 0 Å². The number of hydrogen-bond donors (Lipinski definition) is 2. The number of aryl methyl sites for hydroxylation is 1. The van der Waals surface area contributed by atoms with Crippen molar-refractivity contribution in [1.82, 2.24) is 20.5 Å². The maximum absolute atomic E-state index is 4.38. The lowest BCUT2D eigenvalue weighted by molar-refractivity contribution is 0.191. The van der Waals surface area contributed by atoms with Crippen molar-refractivity contribution >= 4 is 17.3 Å². The fraction of sp³-hybridized carbons (Fsp3) is 0.765. The van der Waals surface area contributed by atoms with Crippen molar-refractivity contribution in [3.8, 4) is 0 Å². The van der Waals surface area contributed by atoms with Gasteiger partial charge in [0.05, 0.1) is 6.54 Å². The first-order chi connectivity index (χ1) is 11.0. The van der Waals surface area contributed by atoms with Gasteiger partial charge in [-0.1, -0.05) is 27.7 Å². The summed E-state index contributed by atoms with van der Waals surface area (Å²) in [7, 11) is 1.82. The molecule has 0 saturated carbocycles. The van der Waals surface area contributed by atoms with Crippen LogP contribution in [0.4, 0.5) is 0 Å². The molecule has 0 aliphatic rings. The molecule has 1 unspecified atom stereocenters. The number of guanidine groups is 1. The predicted molar refractivity (Wildman–Crippen MR) is 101 cm³/mol. The Kier molecular flexibility index (Phi) is 9.17. The smallest absolute Gasteiger partial charge is 0.191 e. The van der Waals surface area contributed by atoms with Crippen molar-refractivity contribution in [2.24, 2.45) is 10.9 Å². The maximum atomic E-state index is 4.38. The second kappa shape index (κ2) is 10.6. The summed E-state index contributed by atoms with van der Waals surface area (Å²) in [6.45, 7) is 14.9. The maximum Gasteiger partial charge on any atom is 0.191 e. The Morgan fingerprint density at radius 2 is 2.00 bits per heavy atom. The summed E-state index contributed by atoms with van der Waals surface area (Å²) in [6.07, 6.45) is 3.11. The molecular weight excluding hydrogens is 306 g/mol. The second-order valence-corrected chi connectivity index (χ2v) is 7.50. The van der Waals surface area contributed by atoms with Crippen LogP contribution in [0.1, 0.15) is 44.0 Å². The molecule has 1 heterocycles. The summed E-state index contributed by atoms with van der Waals surface area (Å²) in [5.74, 6) is 1.54. The van der Waals surface area contributed by atoms with Gasteiger partial charge < -0.3 is 10.6 Å². The van der Waals surface area contributed by atoms with Gasteiger partial charge in [-0.25, -0.2) is 4.98 Å². The molecule has 0 saturated heterocycles. The molecule has 0 fully saturated rings. The Bertz CT molecular complexity index is 465. The van der Waals surface area contributed by atoms with Crippen molar-refractivity contribution in [2.45, 2.75) is 53.6 Å².